The van der Waals surface area contributed by atoms with Crippen LogP contribution in [0.25, 0.3) is 0 Å². The van der Waals surface area contributed by atoms with Crippen LogP contribution in [0.3, 0.4) is 0 Å². The summed E-state index contributed by atoms with van der Waals surface area (Å²) in [4.78, 5) is 16.1. The molecule has 2 aromatic rings. The van der Waals surface area contributed by atoms with Gasteiger partial charge in [-0.15, -0.1) is 11.3 Å². The molecule has 2 heterocycles. The summed E-state index contributed by atoms with van der Waals surface area (Å²) in [5.41, 5.74) is 0.0431. The zero-order valence-corrected chi connectivity index (χ0v) is 12.1. The lowest BCUT2D eigenvalue weighted by molar-refractivity contribution is 0.0697. The number of aromatic nitrogens is 1. The fourth-order valence-electron chi connectivity index (χ4n) is 1.32. The van der Waals surface area contributed by atoms with E-state index in [4.69, 9.17) is 16.7 Å². The van der Waals surface area contributed by atoms with Gasteiger partial charge in [0, 0.05) is 11.1 Å². The van der Waals surface area contributed by atoms with Crippen LogP contribution in [-0.2, 0) is 6.54 Å². The van der Waals surface area contributed by atoms with Crippen LogP contribution in [0.4, 0.5) is 5.82 Å². The van der Waals surface area contributed by atoms with E-state index in [1.165, 1.54) is 12.3 Å². The first-order valence-corrected chi connectivity index (χ1v) is 6.92. The lowest BCUT2D eigenvalue weighted by Gasteiger charge is -2.05. The highest BCUT2D eigenvalue weighted by molar-refractivity contribution is 9.11. The number of rotatable bonds is 4. The van der Waals surface area contributed by atoms with E-state index < -0.39 is 5.97 Å². The van der Waals surface area contributed by atoms with Crippen molar-refractivity contribution in [1.82, 2.24) is 4.98 Å². The van der Waals surface area contributed by atoms with Crippen LogP contribution in [0.2, 0.25) is 5.02 Å². The van der Waals surface area contributed by atoms with Gasteiger partial charge in [0.1, 0.15) is 5.82 Å². The van der Waals surface area contributed by atoms with Gasteiger partial charge in [0.25, 0.3) is 0 Å². The number of thiophene rings is 1. The van der Waals surface area contributed by atoms with Crippen molar-refractivity contribution in [3.8, 4) is 0 Å². The number of halogens is 2. The number of anilines is 1. The molecule has 94 valence electrons. The molecule has 7 heteroatoms. The second kappa shape index (κ2) is 5.69. The van der Waals surface area contributed by atoms with E-state index in [-0.39, 0.29) is 10.6 Å². The summed E-state index contributed by atoms with van der Waals surface area (Å²) in [6.07, 6.45) is 1.33. The highest BCUT2D eigenvalue weighted by Crippen LogP contribution is 2.23. The van der Waals surface area contributed by atoms with Crippen molar-refractivity contribution < 1.29 is 9.90 Å². The Kier molecular flexibility index (Phi) is 4.21. The first-order valence-electron chi connectivity index (χ1n) is 4.93. The highest BCUT2D eigenvalue weighted by Gasteiger charge is 2.10. The van der Waals surface area contributed by atoms with Crippen molar-refractivity contribution in [2.75, 3.05) is 5.32 Å². The van der Waals surface area contributed by atoms with E-state index in [9.17, 15) is 4.79 Å². The summed E-state index contributed by atoms with van der Waals surface area (Å²) >= 11 is 10.7. The second-order valence-electron chi connectivity index (χ2n) is 3.41. The number of carbonyl (C=O) groups is 1. The molecule has 0 saturated heterocycles. The van der Waals surface area contributed by atoms with Gasteiger partial charge in [-0.05, 0) is 34.1 Å². The highest BCUT2D eigenvalue weighted by atomic mass is 79.9. The number of aromatic carboxylic acids is 1. The van der Waals surface area contributed by atoms with Gasteiger partial charge >= 0.3 is 5.97 Å². The summed E-state index contributed by atoms with van der Waals surface area (Å²) in [6.45, 7) is 0.587. The Labute approximate surface area is 121 Å². The van der Waals surface area contributed by atoms with Crippen molar-refractivity contribution in [2.45, 2.75) is 6.54 Å². The molecule has 0 unspecified atom stereocenters. The van der Waals surface area contributed by atoms with Crippen molar-refractivity contribution in [3.05, 3.63) is 43.6 Å². The maximum Gasteiger partial charge on any atom is 0.337 e. The molecule has 0 aromatic carbocycles. The Morgan fingerprint density at radius 1 is 1.56 bits per heavy atom. The Morgan fingerprint density at radius 2 is 2.33 bits per heavy atom. The monoisotopic (exact) mass is 346 g/mol. The number of carboxylic acid groups (broad SMARTS) is 1. The maximum atomic E-state index is 10.9. The molecule has 0 aliphatic rings. The van der Waals surface area contributed by atoms with E-state index in [1.807, 2.05) is 12.1 Å². The lowest BCUT2D eigenvalue weighted by Crippen LogP contribution is -2.04. The zero-order chi connectivity index (χ0) is 13.1. The number of nitrogens with one attached hydrogen (secondary N) is 1. The summed E-state index contributed by atoms with van der Waals surface area (Å²) in [6, 6.07) is 5.36. The Morgan fingerprint density at radius 3 is 2.94 bits per heavy atom. The Balaban J connectivity index is 2.10. The van der Waals surface area contributed by atoms with Crippen LogP contribution in [0.15, 0.2) is 28.2 Å². The molecule has 0 amide bonds. The molecule has 0 atom stereocenters. The van der Waals surface area contributed by atoms with Crippen molar-refractivity contribution in [2.24, 2.45) is 0 Å². The van der Waals surface area contributed by atoms with Crippen LogP contribution in [0, 0.1) is 0 Å². The third-order valence-electron chi connectivity index (χ3n) is 2.16. The molecule has 2 N–H and O–H groups in total. The number of hydrogen-bond donors (Lipinski definition) is 2. The number of pyridine rings is 1. The molecule has 0 spiro atoms. The Bertz CT molecular complexity index is 588. The van der Waals surface area contributed by atoms with Gasteiger partial charge in [0.15, 0.2) is 0 Å². The predicted molar refractivity (Wildman–Crippen MR) is 75.6 cm³/mol. The van der Waals surface area contributed by atoms with E-state index in [1.54, 1.807) is 11.3 Å². The molecular formula is C11H8BrClN2O2S. The van der Waals surface area contributed by atoms with Gasteiger partial charge in [-0.1, -0.05) is 11.6 Å². The second-order valence-corrected chi connectivity index (χ2v) is 6.37. The SMILES string of the molecule is O=C(O)c1cc(NCc2ccc(Br)s2)ncc1Cl. The van der Waals surface area contributed by atoms with Crippen molar-refractivity contribution >= 4 is 50.7 Å². The van der Waals surface area contributed by atoms with Crippen LogP contribution in [0.1, 0.15) is 15.2 Å². The fourth-order valence-corrected chi connectivity index (χ4v) is 2.93. The molecule has 0 bridgehead atoms. The van der Waals surface area contributed by atoms with Crippen molar-refractivity contribution in [3.63, 3.8) is 0 Å². The smallest absolute Gasteiger partial charge is 0.337 e. The van der Waals surface area contributed by atoms with E-state index in [0.717, 1.165) is 8.66 Å². The molecule has 0 saturated carbocycles. The van der Waals surface area contributed by atoms with Gasteiger partial charge in [-0.3, -0.25) is 0 Å². The average Bonchev–Trinajstić information content (AvgIpc) is 2.74. The number of hydrogen-bond acceptors (Lipinski definition) is 4. The summed E-state index contributed by atoms with van der Waals surface area (Å²) in [5, 5.41) is 12.1. The molecule has 2 aromatic heterocycles. The number of carboxylic acids is 1. The molecular weight excluding hydrogens is 340 g/mol. The van der Waals surface area contributed by atoms with Crippen LogP contribution < -0.4 is 5.32 Å². The maximum absolute atomic E-state index is 10.9. The summed E-state index contributed by atoms with van der Waals surface area (Å²) in [5.74, 6) is -0.578. The predicted octanol–water partition coefficient (Wildman–Crippen LogP) is 3.87. The molecule has 0 fully saturated rings. The standard InChI is InChI=1S/C11H8BrClN2O2S/c12-9-2-1-6(18-9)4-14-10-3-7(11(16)17)8(13)5-15-10/h1-3,5H,4H2,(H,14,15)(H,16,17). The quantitative estimate of drug-likeness (QED) is 0.881. The van der Waals surface area contributed by atoms with E-state index >= 15 is 0 Å². The largest absolute Gasteiger partial charge is 0.478 e. The van der Waals surface area contributed by atoms with Gasteiger partial charge in [0.05, 0.1) is 20.9 Å². The van der Waals surface area contributed by atoms with Crippen molar-refractivity contribution in [1.29, 1.82) is 0 Å². The molecule has 0 aliphatic heterocycles. The molecule has 4 nitrogen and oxygen atoms in total. The fraction of sp³-hybridized carbons (Fsp3) is 0.0909. The van der Waals surface area contributed by atoms with Crippen LogP contribution >= 0.6 is 38.9 Å². The molecule has 0 radical (unpaired) electrons. The van der Waals surface area contributed by atoms with Crippen LogP contribution in [0.5, 0.6) is 0 Å². The molecule has 18 heavy (non-hydrogen) atoms. The summed E-state index contributed by atoms with van der Waals surface area (Å²) < 4.78 is 1.05. The third kappa shape index (κ3) is 3.22. The topological polar surface area (TPSA) is 62.2 Å². The van der Waals surface area contributed by atoms with E-state index in [2.05, 4.69) is 26.2 Å². The van der Waals surface area contributed by atoms with Gasteiger partial charge in [-0.2, -0.15) is 0 Å². The normalized spacial score (nSPS) is 10.3. The number of nitrogens with zero attached hydrogens (tertiary/aromatic N) is 1. The summed E-state index contributed by atoms with van der Waals surface area (Å²) in [7, 11) is 0. The minimum Gasteiger partial charge on any atom is -0.478 e. The van der Waals surface area contributed by atoms with Gasteiger partial charge in [-0.25, -0.2) is 9.78 Å². The average molecular weight is 348 g/mol. The third-order valence-corrected chi connectivity index (χ3v) is 4.08. The zero-order valence-electron chi connectivity index (χ0n) is 8.98. The first-order chi connectivity index (χ1) is 8.56. The molecule has 2 rings (SSSR count). The van der Waals surface area contributed by atoms with E-state index in [0.29, 0.717) is 12.4 Å². The Hall–Kier alpha value is -1.11. The van der Waals surface area contributed by atoms with Crippen LogP contribution in [-0.4, -0.2) is 16.1 Å². The molecule has 0 aliphatic carbocycles. The lowest BCUT2D eigenvalue weighted by atomic mass is 10.2. The first kappa shape index (κ1) is 13.3. The minimum absolute atomic E-state index is 0.0431. The van der Waals surface area contributed by atoms with Gasteiger partial charge in [0.2, 0.25) is 0 Å². The minimum atomic E-state index is -1.07. The van der Waals surface area contributed by atoms with Gasteiger partial charge < -0.3 is 10.4 Å².